The van der Waals surface area contributed by atoms with Crippen molar-refractivity contribution >= 4 is 21.6 Å². The van der Waals surface area contributed by atoms with Gasteiger partial charge in [-0.1, -0.05) is 21.9 Å². The molecule has 1 aromatic carbocycles. The van der Waals surface area contributed by atoms with Gasteiger partial charge in [-0.3, -0.25) is 0 Å². The van der Waals surface area contributed by atoms with Crippen LogP contribution in [0.15, 0.2) is 22.7 Å². The quantitative estimate of drug-likeness (QED) is 0.565. The van der Waals surface area contributed by atoms with Crippen molar-refractivity contribution in [2.24, 2.45) is 0 Å². The summed E-state index contributed by atoms with van der Waals surface area (Å²) < 4.78 is 35.9. The fraction of sp³-hybridized carbons (Fsp3) is 0.111. The molecule has 0 heterocycles. The number of nitrogen functional groups attached to an aromatic ring is 1. The van der Waals surface area contributed by atoms with Crippen molar-refractivity contribution in [2.45, 2.75) is 6.18 Å². The molecule has 0 saturated carbocycles. The van der Waals surface area contributed by atoms with Crippen molar-refractivity contribution in [2.75, 3.05) is 5.73 Å². The van der Waals surface area contributed by atoms with Gasteiger partial charge in [0.2, 0.25) is 0 Å². The fourth-order valence-corrected chi connectivity index (χ4v) is 1.16. The van der Waals surface area contributed by atoms with Gasteiger partial charge < -0.3 is 5.73 Å². The van der Waals surface area contributed by atoms with Crippen LogP contribution in [0.25, 0.3) is 0 Å². The highest BCUT2D eigenvalue weighted by atomic mass is 79.9. The zero-order chi connectivity index (χ0) is 10.8. The van der Waals surface area contributed by atoms with Crippen LogP contribution in [0.2, 0.25) is 0 Å². The van der Waals surface area contributed by atoms with Crippen LogP contribution in [0.3, 0.4) is 0 Å². The molecule has 0 aliphatic heterocycles. The van der Waals surface area contributed by atoms with Crippen LogP contribution >= 0.6 is 15.9 Å². The normalized spacial score (nSPS) is 10.6. The molecule has 0 amide bonds. The Hall–Kier alpha value is -1.15. The molecule has 2 N–H and O–H groups in total. The summed E-state index contributed by atoms with van der Waals surface area (Å²) in [6, 6.07) is 4.51. The molecule has 0 aromatic heterocycles. The zero-order valence-corrected chi connectivity index (χ0v) is 8.41. The second-order valence-corrected chi connectivity index (χ2v) is 3.40. The summed E-state index contributed by atoms with van der Waals surface area (Å²) in [6.07, 6.45) is -4.49. The monoisotopic (exact) mass is 263 g/mol. The molecule has 0 unspecified atom stereocenters. The lowest BCUT2D eigenvalue weighted by Crippen LogP contribution is -2.02. The number of alkyl halides is 3. The van der Waals surface area contributed by atoms with Gasteiger partial charge >= 0.3 is 6.18 Å². The molecule has 0 spiro atoms. The highest BCUT2D eigenvalue weighted by Gasteiger charge is 2.22. The van der Waals surface area contributed by atoms with E-state index in [1.54, 1.807) is 6.07 Å². The van der Waals surface area contributed by atoms with E-state index in [1.165, 1.54) is 12.1 Å². The van der Waals surface area contributed by atoms with E-state index in [0.717, 1.165) is 5.92 Å². The number of anilines is 1. The molecule has 1 nitrogen and oxygen atoms in total. The Bertz CT molecular complexity index is 401. The lowest BCUT2D eigenvalue weighted by Gasteiger charge is -1.98. The number of benzene rings is 1. The van der Waals surface area contributed by atoms with Crippen molar-refractivity contribution < 1.29 is 13.2 Å². The van der Waals surface area contributed by atoms with E-state index in [2.05, 4.69) is 15.9 Å². The third-order valence-corrected chi connectivity index (χ3v) is 1.85. The van der Waals surface area contributed by atoms with E-state index in [-0.39, 0.29) is 11.3 Å². The number of rotatable bonds is 0. The van der Waals surface area contributed by atoms with E-state index in [1.807, 2.05) is 5.92 Å². The fourth-order valence-electron chi connectivity index (χ4n) is 0.786. The minimum atomic E-state index is -4.49. The van der Waals surface area contributed by atoms with E-state index in [4.69, 9.17) is 5.73 Å². The molecule has 5 heteroatoms. The minimum Gasteiger partial charge on any atom is -0.398 e. The van der Waals surface area contributed by atoms with Gasteiger partial charge in [0.25, 0.3) is 0 Å². The summed E-state index contributed by atoms with van der Waals surface area (Å²) in [6.45, 7) is 0. The summed E-state index contributed by atoms with van der Waals surface area (Å²) in [7, 11) is 0. The number of hydrogen-bond acceptors (Lipinski definition) is 1. The van der Waals surface area contributed by atoms with Crippen molar-refractivity contribution in [3.05, 3.63) is 28.2 Å². The third-order valence-electron chi connectivity index (χ3n) is 1.35. The molecule has 0 atom stereocenters. The summed E-state index contributed by atoms with van der Waals surface area (Å²) in [5.74, 6) is 3.11. The molecule has 0 aliphatic rings. The average Bonchev–Trinajstić information content (AvgIpc) is 2.00. The van der Waals surface area contributed by atoms with Crippen LogP contribution in [0.4, 0.5) is 18.9 Å². The van der Waals surface area contributed by atoms with Crippen molar-refractivity contribution in [3.8, 4) is 11.8 Å². The van der Waals surface area contributed by atoms with Crippen LogP contribution in [0.5, 0.6) is 0 Å². The predicted molar refractivity (Wildman–Crippen MR) is 51.5 cm³/mol. The van der Waals surface area contributed by atoms with Gasteiger partial charge in [0.15, 0.2) is 0 Å². The van der Waals surface area contributed by atoms with Crippen LogP contribution in [-0.4, -0.2) is 6.18 Å². The second-order valence-electron chi connectivity index (χ2n) is 2.48. The summed E-state index contributed by atoms with van der Waals surface area (Å²) in [5.41, 5.74) is 5.84. The summed E-state index contributed by atoms with van der Waals surface area (Å²) in [5, 5.41) is 0. The molecule has 0 radical (unpaired) electrons. The van der Waals surface area contributed by atoms with Gasteiger partial charge in [-0.15, -0.1) is 0 Å². The topological polar surface area (TPSA) is 26.0 Å². The Kier molecular flexibility index (Phi) is 3.06. The first-order valence-electron chi connectivity index (χ1n) is 3.53. The second kappa shape index (κ2) is 3.93. The Morgan fingerprint density at radius 3 is 2.43 bits per heavy atom. The lowest BCUT2D eigenvalue weighted by atomic mass is 10.2. The van der Waals surface area contributed by atoms with Gasteiger partial charge in [0.1, 0.15) is 0 Å². The molecule has 0 saturated heterocycles. The van der Waals surface area contributed by atoms with Crippen LogP contribution in [0.1, 0.15) is 5.56 Å². The number of hydrogen-bond donors (Lipinski definition) is 1. The van der Waals surface area contributed by atoms with Gasteiger partial charge in [-0.2, -0.15) is 13.2 Å². The molecular weight excluding hydrogens is 259 g/mol. The van der Waals surface area contributed by atoms with Gasteiger partial charge in [-0.05, 0) is 18.2 Å². The maximum atomic E-state index is 11.7. The third kappa shape index (κ3) is 3.30. The molecular formula is C9H5BrF3N. The average molecular weight is 264 g/mol. The van der Waals surface area contributed by atoms with Crippen molar-refractivity contribution in [3.63, 3.8) is 0 Å². The van der Waals surface area contributed by atoms with E-state index >= 15 is 0 Å². The first kappa shape index (κ1) is 10.9. The highest BCUT2D eigenvalue weighted by Crippen LogP contribution is 2.18. The molecule has 0 fully saturated rings. The Morgan fingerprint density at radius 2 is 1.93 bits per heavy atom. The zero-order valence-electron chi connectivity index (χ0n) is 6.82. The van der Waals surface area contributed by atoms with Gasteiger partial charge in [0, 0.05) is 21.6 Å². The molecule has 14 heavy (non-hydrogen) atoms. The molecule has 1 aromatic rings. The smallest absolute Gasteiger partial charge is 0.398 e. The first-order chi connectivity index (χ1) is 6.38. The van der Waals surface area contributed by atoms with Crippen LogP contribution < -0.4 is 5.73 Å². The van der Waals surface area contributed by atoms with Gasteiger partial charge in [0.05, 0.1) is 0 Å². The van der Waals surface area contributed by atoms with E-state index in [0.29, 0.717) is 4.47 Å². The minimum absolute atomic E-state index is 0.172. The van der Waals surface area contributed by atoms with Crippen molar-refractivity contribution in [1.29, 1.82) is 0 Å². The lowest BCUT2D eigenvalue weighted by molar-refractivity contribution is -0.0696. The SMILES string of the molecule is Nc1cc(Br)ccc1C#CC(F)(F)F. The van der Waals surface area contributed by atoms with E-state index < -0.39 is 6.18 Å². The maximum absolute atomic E-state index is 11.7. The Labute approximate surface area is 87.2 Å². The molecule has 0 bridgehead atoms. The molecule has 74 valence electrons. The largest absolute Gasteiger partial charge is 0.458 e. The van der Waals surface area contributed by atoms with Gasteiger partial charge in [-0.25, -0.2) is 0 Å². The summed E-state index contributed by atoms with van der Waals surface area (Å²) in [4.78, 5) is 0. The number of nitrogens with two attached hydrogens (primary N) is 1. The Morgan fingerprint density at radius 1 is 1.29 bits per heavy atom. The summed E-state index contributed by atoms with van der Waals surface area (Å²) >= 11 is 3.14. The predicted octanol–water partition coefficient (Wildman–Crippen LogP) is 2.95. The van der Waals surface area contributed by atoms with E-state index in [9.17, 15) is 13.2 Å². The molecule has 0 aliphatic carbocycles. The molecule has 1 rings (SSSR count). The Balaban J connectivity index is 3.02. The number of halogens is 4. The van der Waals surface area contributed by atoms with Crippen LogP contribution in [-0.2, 0) is 0 Å². The maximum Gasteiger partial charge on any atom is 0.458 e. The standard InChI is InChI=1S/C9H5BrF3N/c10-7-2-1-6(8(14)5-7)3-4-9(11,12)13/h1-2,5H,14H2. The van der Waals surface area contributed by atoms with Crippen molar-refractivity contribution in [1.82, 2.24) is 0 Å². The van der Waals surface area contributed by atoms with Crippen LogP contribution in [0, 0.1) is 11.8 Å². The highest BCUT2D eigenvalue weighted by molar-refractivity contribution is 9.10. The first-order valence-corrected chi connectivity index (χ1v) is 4.33.